The first-order valence-corrected chi connectivity index (χ1v) is 9.05. The molecule has 2 heterocycles. The molecule has 0 spiro atoms. The number of nitro groups is 1. The van der Waals surface area contributed by atoms with Gasteiger partial charge in [-0.3, -0.25) is 19.7 Å². The molecule has 2 N–H and O–H groups in total. The summed E-state index contributed by atoms with van der Waals surface area (Å²) in [4.78, 5) is 43.5. The summed E-state index contributed by atoms with van der Waals surface area (Å²) < 4.78 is 0. The highest BCUT2D eigenvalue weighted by Gasteiger charge is 2.42. The maximum absolute atomic E-state index is 13.1. The Morgan fingerprint density at radius 1 is 1.18 bits per heavy atom. The van der Waals surface area contributed by atoms with Gasteiger partial charge in [0.2, 0.25) is 0 Å². The Morgan fingerprint density at radius 3 is 2.50 bits per heavy atom. The minimum atomic E-state index is -0.604. The third kappa shape index (κ3) is 2.90. The van der Waals surface area contributed by atoms with Crippen LogP contribution in [0, 0.1) is 22.5 Å². The summed E-state index contributed by atoms with van der Waals surface area (Å²) in [5, 5.41) is 14.2. The number of nitro benzene ring substituents is 1. The van der Waals surface area contributed by atoms with Crippen molar-refractivity contribution in [3.05, 3.63) is 73.0 Å². The van der Waals surface area contributed by atoms with Crippen LogP contribution < -0.4 is 10.9 Å². The van der Waals surface area contributed by atoms with Gasteiger partial charge in [0.05, 0.1) is 10.5 Å². The first-order chi connectivity index (χ1) is 13.2. The zero-order chi connectivity index (χ0) is 20.2. The van der Waals surface area contributed by atoms with Crippen molar-refractivity contribution in [3.8, 4) is 0 Å². The van der Waals surface area contributed by atoms with Crippen LogP contribution in [0.3, 0.4) is 0 Å². The first-order valence-electron chi connectivity index (χ1n) is 9.05. The fraction of sp³-hybridized carbons (Fsp3) is 0.350. The van der Waals surface area contributed by atoms with Gasteiger partial charge in [-0.05, 0) is 24.3 Å². The molecule has 0 saturated heterocycles. The van der Waals surface area contributed by atoms with Gasteiger partial charge in [-0.1, -0.05) is 26.0 Å². The van der Waals surface area contributed by atoms with E-state index in [1.807, 2.05) is 13.8 Å². The number of carbonyl (C=O) groups excluding carboxylic acids is 1. The van der Waals surface area contributed by atoms with Crippen molar-refractivity contribution in [1.29, 1.82) is 0 Å². The molecule has 0 amide bonds. The molecule has 144 valence electrons. The van der Waals surface area contributed by atoms with Gasteiger partial charge in [-0.2, -0.15) is 0 Å². The number of aromatic nitrogens is 2. The van der Waals surface area contributed by atoms with Gasteiger partial charge >= 0.3 is 0 Å². The molecule has 4 rings (SSSR count). The van der Waals surface area contributed by atoms with Crippen molar-refractivity contribution < 1.29 is 9.72 Å². The van der Waals surface area contributed by atoms with Crippen molar-refractivity contribution in [2.45, 2.75) is 39.5 Å². The van der Waals surface area contributed by atoms with Crippen molar-refractivity contribution in [1.82, 2.24) is 9.97 Å². The fourth-order valence-corrected chi connectivity index (χ4v) is 4.15. The monoisotopic (exact) mass is 380 g/mol. The predicted octanol–water partition coefficient (Wildman–Crippen LogP) is 3.19. The maximum Gasteiger partial charge on any atom is 0.269 e. The SMILES string of the molecule is Cc1nc2c(c(=O)[nH]1)C(c1ccc([N+](=O)[O-])cc1)C1=C(CC(C)(C)CC1=O)N2. The smallest absolute Gasteiger partial charge is 0.269 e. The first kappa shape index (κ1) is 18.1. The number of fused-ring (bicyclic) bond motifs is 1. The number of hydrogen-bond acceptors (Lipinski definition) is 6. The predicted molar refractivity (Wildman–Crippen MR) is 103 cm³/mol. The molecular formula is C20H20N4O4. The van der Waals surface area contributed by atoms with Crippen LogP contribution in [0.15, 0.2) is 40.3 Å². The Kier molecular flexibility index (Phi) is 3.95. The minimum absolute atomic E-state index is 0.0206. The van der Waals surface area contributed by atoms with E-state index in [1.165, 1.54) is 12.1 Å². The Bertz CT molecular complexity index is 1100. The van der Waals surface area contributed by atoms with Crippen LogP contribution in [0.2, 0.25) is 0 Å². The zero-order valence-electron chi connectivity index (χ0n) is 15.8. The molecule has 0 bridgehead atoms. The second-order valence-electron chi connectivity index (χ2n) is 8.15. The molecule has 1 unspecified atom stereocenters. The second-order valence-corrected chi connectivity index (χ2v) is 8.15. The third-order valence-corrected chi connectivity index (χ3v) is 5.28. The number of benzene rings is 1. The normalized spacial score (nSPS) is 20.2. The number of carbonyl (C=O) groups is 1. The summed E-state index contributed by atoms with van der Waals surface area (Å²) in [5.41, 5.74) is 1.79. The molecular weight excluding hydrogens is 360 g/mol. The number of ketones is 1. The molecule has 8 heteroatoms. The lowest BCUT2D eigenvalue weighted by atomic mass is 9.69. The quantitative estimate of drug-likeness (QED) is 0.610. The highest BCUT2D eigenvalue weighted by Crippen LogP contribution is 2.47. The van der Waals surface area contributed by atoms with E-state index in [0.29, 0.717) is 41.2 Å². The standard InChI is InChI=1S/C20H20N4O4/c1-10-21-18-17(19(26)22-10)15(11-4-6-12(7-5-11)24(27)28)16-13(23-18)8-20(2,3)9-14(16)25/h4-7,15H,8-9H2,1-3H3,(H2,21,22,23,26). The van der Waals surface area contributed by atoms with Crippen LogP contribution in [0.25, 0.3) is 0 Å². The van der Waals surface area contributed by atoms with Crippen molar-refractivity contribution in [3.63, 3.8) is 0 Å². The van der Waals surface area contributed by atoms with Gasteiger partial charge in [0.25, 0.3) is 11.2 Å². The number of aromatic amines is 1. The van der Waals surface area contributed by atoms with Crippen LogP contribution in [-0.4, -0.2) is 20.7 Å². The lowest BCUT2D eigenvalue weighted by Gasteiger charge is -2.38. The van der Waals surface area contributed by atoms with E-state index in [4.69, 9.17) is 0 Å². The number of hydrogen-bond donors (Lipinski definition) is 2. The Hall–Kier alpha value is -3.29. The van der Waals surface area contributed by atoms with Crippen molar-refractivity contribution >= 4 is 17.3 Å². The van der Waals surface area contributed by atoms with Crippen LogP contribution in [0.5, 0.6) is 0 Å². The third-order valence-electron chi connectivity index (χ3n) is 5.28. The number of non-ortho nitro benzene ring substituents is 1. The highest BCUT2D eigenvalue weighted by molar-refractivity contribution is 6.01. The number of nitrogens with one attached hydrogen (secondary N) is 2. The topological polar surface area (TPSA) is 118 Å². The molecule has 8 nitrogen and oxygen atoms in total. The molecule has 0 fully saturated rings. The molecule has 1 aliphatic carbocycles. The number of Topliss-reactive ketones (excluding diaryl/α,β-unsaturated/α-hetero) is 1. The van der Waals surface area contributed by atoms with Gasteiger partial charge in [0.1, 0.15) is 11.6 Å². The van der Waals surface area contributed by atoms with E-state index in [2.05, 4.69) is 15.3 Å². The summed E-state index contributed by atoms with van der Waals surface area (Å²) in [6.45, 7) is 5.76. The van der Waals surface area contributed by atoms with E-state index >= 15 is 0 Å². The van der Waals surface area contributed by atoms with E-state index in [0.717, 1.165) is 5.70 Å². The number of H-pyrrole nitrogens is 1. The number of rotatable bonds is 2. The molecule has 0 saturated carbocycles. The second kappa shape index (κ2) is 6.12. The van der Waals surface area contributed by atoms with Crippen molar-refractivity contribution in [2.75, 3.05) is 5.32 Å². The molecule has 2 aliphatic rings. The lowest BCUT2D eigenvalue weighted by Crippen LogP contribution is -2.37. The molecule has 1 atom stereocenters. The molecule has 0 radical (unpaired) electrons. The van der Waals surface area contributed by atoms with Crippen molar-refractivity contribution in [2.24, 2.45) is 5.41 Å². The average molecular weight is 380 g/mol. The summed E-state index contributed by atoms with van der Waals surface area (Å²) in [7, 11) is 0. The maximum atomic E-state index is 13.1. The summed E-state index contributed by atoms with van der Waals surface area (Å²) in [5.74, 6) is 0.290. The van der Waals surface area contributed by atoms with Gasteiger partial charge in [-0.25, -0.2) is 4.98 Å². The van der Waals surface area contributed by atoms with E-state index in [-0.39, 0.29) is 22.4 Å². The van der Waals surface area contributed by atoms with Gasteiger partial charge in [0, 0.05) is 35.7 Å². The lowest BCUT2D eigenvalue weighted by molar-refractivity contribution is -0.384. The molecule has 2 aromatic rings. The fourth-order valence-electron chi connectivity index (χ4n) is 4.15. The minimum Gasteiger partial charge on any atom is -0.343 e. The van der Waals surface area contributed by atoms with Crippen LogP contribution in [0.1, 0.15) is 49.6 Å². The van der Waals surface area contributed by atoms with Gasteiger partial charge in [0.15, 0.2) is 5.78 Å². The largest absolute Gasteiger partial charge is 0.343 e. The van der Waals surface area contributed by atoms with Gasteiger partial charge < -0.3 is 10.3 Å². The number of aryl methyl sites for hydroxylation is 1. The number of anilines is 1. The highest BCUT2D eigenvalue weighted by atomic mass is 16.6. The van der Waals surface area contributed by atoms with Crippen LogP contribution in [-0.2, 0) is 4.79 Å². The Morgan fingerprint density at radius 2 is 1.86 bits per heavy atom. The number of nitrogens with zero attached hydrogens (tertiary/aromatic N) is 2. The molecule has 1 aromatic carbocycles. The average Bonchev–Trinajstić information content (AvgIpc) is 2.58. The van der Waals surface area contributed by atoms with Crippen LogP contribution in [0.4, 0.5) is 11.5 Å². The van der Waals surface area contributed by atoms with E-state index in [1.54, 1.807) is 19.1 Å². The Labute approximate surface area is 160 Å². The Balaban J connectivity index is 1.95. The zero-order valence-corrected chi connectivity index (χ0v) is 15.8. The molecule has 1 aliphatic heterocycles. The summed E-state index contributed by atoms with van der Waals surface area (Å²) in [6, 6.07) is 6.00. The summed E-state index contributed by atoms with van der Waals surface area (Å²) >= 11 is 0. The van der Waals surface area contributed by atoms with Gasteiger partial charge in [-0.15, -0.1) is 0 Å². The van der Waals surface area contributed by atoms with E-state index in [9.17, 15) is 19.7 Å². The van der Waals surface area contributed by atoms with Crippen LogP contribution >= 0.6 is 0 Å². The van der Waals surface area contributed by atoms with E-state index < -0.39 is 10.8 Å². The summed E-state index contributed by atoms with van der Waals surface area (Å²) in [6.07, 6.45) is 1.04. The number of allylic oxidation sites excluding steroid dienone is 2. The molecule has 28 heavy (non-hydrogen) atoms. The molecule has 1 aromatic heterocycles.